The third-order valence-corrected chi connectivity index (χ3v) is 4.92. The van der Waals surface area contributed by atoms with Gasteiger partial charge in [0.1, 0.15) is 11.6 Å². The Labute approximate surface area is 173 Å². The van der Waals surface area contributed by atoms with Gasteiger partial charge in [0.2, 0.25) is 5.91 Å². The first-order valence-electron chi connectivity index (χ1n) is 9.20. The summed E-state index contributed by atoms with van der Waals surface area (Å²) in [5.74, 6) is 0.824. The molecule has 0 bridgehead atoms. The maximum Gasteiger partial charge on any atom is 0.277 e. The number of halogens is 1. The van der Waals surface area contributed by atoms with Gasteiger partial charge in [0, 0.05) is 13.1 Å². The quantitative estimate of drug-likeness (QED) is 0.487. The van der Waals surface area contributed by atoms with E-state index in [1.165, 1.54) is 23.9 Å². The van der Waals surface area contributed by atoms with Crippen LogP contribution in [0.25, 0.3) is 0 Å². The van der Waals surface area contributed by atoms with Gasteiger partial charge in [0.25, 0.3) is 11.1 Å². The zero-order valence-electron chi connectivity index (χ0n) is 16.3. The summed E-state index contributed by atoms with van der Waals surface area (Å²) >= 11 is 1.17. The highest BCUT2D eigenvalue weighted by molar-refractivity contribution is 7.99. The number of thioether (sulfide) groups is 1. The third kappa shape index (κ3) is 6.32. The van der Waals surface area contributed by atoms with Crippen molar-refractivity contribution in [3.63, 3.8) is 0 Å². The normalized spacial score (nSPS) is 10.7. The lowest BCUT2D eigenvalue weighted by Gasteiger charge is -2.20. The van der Waals surface area contributed by atoms with E-state index in [1.807, 2.05) is 38.1 Å². The molecule has 0 radical (unpaired) electrons. The molecule has 3 rings (SSSR count). The summed E-state index contributed by atoms with van der Waals surface area (Å²) in [6.07, 6.45) is 0. The number of hydrogen-bond donors (Lipinski definition) is 0. The third-order valence-electron chi connectivity index (χ3n) is 4.12. The minimum absolute atomic E-state index is 0.0856. The van der Waals surface area contributed by atoms with E-state index in [0.29, 0.717) is 24.2 Å². The van der Waals surface area contributed by atoms with E-state index >= 15 is 0 Å². The van der Waals surface area contributed by atoms with E-state index in [1.54, 1.807) is 17.0 Å². The average Bonchev–Trinajstić information content (AvgIpc) is 3.17. The van der Waals surface area contributed by atoms with E-state index in [-0.39, 0.29) is 24.1 Å². The number of aromatic nitrogens is 2. The largest absolute Gasteiger partial charge is 0.484 e. The fourth-order valence-corrected chi connectivity index (χ4v) is 3.34. The molecule has 2 aromatic carbocycles. The summed E-state index contributed by atoms with van der Waals surface area (Å²) in [4.78, 5) is 14.1. The van der Waals surface area contributed by atoms with Crippen LogP contribution in [0.1, 0.15) is 23.9 Å². The number of rotatable bonds is 9. The molecule has 0 saturated heterocycles. The first kappa shape index (κ1) is 20.9. The summed E-state index contributed by atoms with van der Waals surface area (Å²) in [5.41, 5.74) is 1.85. The summed E-state index contributed by atoms with van der Waals surface area (Å²) in [6, 6.07) is 13.9. The Bertz CT molecular complexity index is 964. The second-order valence-electron chi connectivity index (χ2n) is 6.39. The van der Waals surface area contributed by atoms with Crippen LogP contribution in [-0.2, 0) is 17.9 Å². The molecular formula is C21H22FN3O3S. The Balaban J connectivity index is 1.49. The molecule has 1 amide bonds. The molecule has 0 spiro atoms. The van der Waals surface area contributed by atoms with Gasteiger partial charge in [-0.15, -0.1) is 10.2 Å². The maximum atomic E-state index is 13.3. The van der Waals surface area contributed by atoms with Gasteiger partial charge in [-0.3, -0.25) is 4.79 Å². The van der Waals surface area contributed by atoms with Crippen LogP contribution in [0.4, 0.5) is 4.39 Å². The van der Waals surface area contributed by atoms with Crippen LogP contribution in [0, 0.1) is 12.7 Å². The monoisotopic (exact) mass is 415 g/mol. The van der Waals surface area contributed by atoms with E-state index in [4.69, 9.17) is 9.15 Å². The second-order valence-corrected chi connectivity index (χ2v) is 7.32. The van der Waals surface area contributed by atoms with Gasteiger partial charge in [-0.25, -0.2) is 4.39 Å². The molecule has 8 heteroatoms. The summed E-state index contributed by atoms with van der Waals surface area (Å²) in [6.45, 7) is 4.91. The van der Waals surface area contributed by atoms with E-state index in [9.17, 15) is 9.18 Å². The van der Waals surface area contributed by atoms with Crippen molar-refractivity contribution in [3.05, 3.63) is 71.4 Å². The number of benzene rings is 2. The lowest BCUT2D eigenvalue weighted by molar-refractivity contribution is -0.128. The number of hydrogen-bond acceptors (Lipinski definition) is 6. The maximum absolute atomic E-state index is 13.3. The van der Waals surface area contributed by atoms with Gasteiger partial charge in [0.05, 0.1) is 5.75 Å². The summed E-state index contributed by atoms with van der Waals surface area (Å²) in [7, 11) is 0. The van der Waals surface area contributed by atoms with Gasteiger partial charge in [-0.1, -0.05) is 36.0 Å². The number of nitrogens with zero attached hydrogens (tertiary/aromatic N) is 3. The Hall–Kier alpha value is -2.87. The van der Waals surface area contributed by atoms with Crippen LogP contribution in [0.5, 0.6) is 5.75 Å². The Kier molecular flexibility index (Phi) is 7.24. The zero-order valence-corrected chi connectivity index (χ0v) is 17.1. The van der Waals surface area contributed by atoms with Crippen molar-refractivity contribution >= 4 is 17.7 Å². The zero-order chi connectivity index (χ0) is 20.6. The summed E-state index contributed by atoms with van der Waals surface area (Å²) < 4.78 is 24.5. The number of amides is 1. The first-order valence-corrected chi connectivity index (χ1v) is 10.2. The van der Waals surface area contributed by atoms with E-state index < -0.39 is 0 Å². The molecule has 29 heavy (non-hydrogen) atoms. The molecule has 0 unspecified atom stereocenters. The highest BCUT2D eigenvalue weighted by atomic mass is 32.2. The topological polar surface area (TPSA) is 68.5 Å². The number of ether oxygens (including phenoxy) is 1. The molecule has 1 heterocycles. The minimum Gasteiger partial charge on any atom is -0.484 e. The Morgan fingerprint density at radius 2 is 2.03 bits per heavy atom. The standard InChI is InChI=1S/C21H22FN3O3S/c1-3-25(12-16-7-5-8-17(22)11-16)20(26)14-29-21-24-23-19(28-21)13-27-18-9-4-6-15(2)10-18/h4-11H,3,12-14H2,1-2H3. The molecule has 1 aromatic heterocycles. The lowest BCUT2D eigenvalue weighted by Crippen LogP contribution is -2.31. The molecule has 152 valence electrons. The van der Waals surface area contributed by atoms with Crippen molar-refractivity contribution in [2.45, 2.75) is 32.2 Å². The van der Waals surface area contributed by atoms with Crippen molar-refractivity contribution < 1.29 is 18.3 Å². The number of carbonyl (C=O) groups excluding carboxylic acids is 1. The average molecular weight is 415 g/mol. The second kappa shape index (κ2) is 10.1. The fourth-order valence-electron chi connectivity index (χ4n) is 2.65. The van der Waals surface area contributed by atoms with Crippen molar-refractivity contribution in [2.24, 2.45) is 0 Å². The molecule has 0 aliphatic heterocycles. The SMILES string of the molecule is CCN(Cc1cccc(F)c1)C(=O)CSc1nnc(COc2cccc(C)c2)o1. The molecule has 0 N–H and O–H groups in total. The van der Waals surface area contributed by atoms with Crippen molar-refractivity contribution in [1.29, 1.82) is 0 Å². The molecule has 6 nitrogen and oxygen atoms in total. The van der Waals surface area contributed by atoms with Crippen LogP contribution >= 0.6 is 11.8 Å². The van der Waals surface area contributed by atoms with Gasteiger partial charge in [0.15, 0.2) is 6.61 Å². The van der Waals surface area contributed by atoms with Crippen molar-refractivity contribution in [1.82, 2.24) is 15.1 Å². The predicted octanol–water partition coefficient (Wildman–Crippen LogP) is 4.24. The molecule has 0 aliphatic rings. The van der Waals surface area contributed by atoms with Crippen LogP contribution in [-0.4, -0.2) is 33.3 Å². The summed E-state index contributed by atoms with van der Waals surface area (Å²) in [5, 5.41) is 8.20. The van der Waals surface area contributed by atoms with E-state index in [0.717, 1.165) is 16.9 Å². The Morgan fingerprint density at radius 1 is 1.21 bits per heavy atom. The van der Waals surface area contributed by atoms with Gasteiger partial charge in [-0.05, 0) is 49.2 Å². The first-order chi connectivity index (χ1) is 14.0. The highest BCUT2D eigenvalue weighted by Gasteiger charge is 2.15. The van der Waals surface area contributed by atoms with Crippen LogP contribution < -0.4 is 4.74 Å². The molecular weight excluding hydrogens is 393 g/mol. The molecule has 3 aromatic rings. The lowest BCUT2D eigenvalue weighted by atomic mass is 10.2. The Morgan fingerprint density at radius 3 is 2.79 bits per heavy atom. The predicted molar refractivity (Wildman–Crippen MR) is 108 cm³/mol. The minimum atomic E-state index is -0.313. The molecule has 0 fully saturated rings. The van der Waals surface area contributed by atoms with Gasteiger partial charge >= 0.3 is 0 Å². The van der Waals surface area contributed by atoms with Crippen LogP contribution in [0.2, 0.25) is 0 Å². The molecule has 0 saturated carbocycles. The van der Waals surface area contributed by atoms with Crippen LogP contribution in [0.3, 0.4) is 0 Å². The molecule has 0 aliphatic carbocycles. The van der Waals surface area contributed by atoms with E-state index in [2.05, 4.69) is 10.2 Å². The smallest absolute Gasteiger partial charge is 0.277 e. The number of aryl methyl sites for hydroxylation is 1. The molecule has 0 atom stereocenters. The highest BCUT2D eigenvalue weighted by Crippen LogP contribution is 2.19. The van der Waals surface area contributed by atoms with Crippen molar-refractivity contribution in [2.75, 3.05) is 12.3 Å². The van der Waals surface area contributed by atoms with Crippen molar-refractivity contribution in [3.8, 4) is 5.75 Å². The fraction of sp³-hybridized carbons (Fsp3) is 0.286. The van der Waals surface area contributed by atoms with Crippen LogP contribution in [0.15, 0.2) is 58.2 Å². The van der Waals surface area contributed by atoms with Gasteiger partial charge in [-0.2, -0.15) is 0 Å². The number of carbonyl (C=O) groups is 1. The van der Waals surface area contributed by atoms with Gasteiger partial charge < -0.3 is 14.1 Å².